The van der Waals surface area contributed by atoms with Crippen LogP contribution in [-0.4, -0.2) is 43.5 Å². The maximum absolute atomic E-state index is 13.7. The maximum atomic E-state index is 13.7. The van der Waals surface area contributed by atoms with Crippen LogP contribution in [0.25, 0.3) is 0 Å². The number of carbonyl (C=O) groups is 2. The van der Waals surface area contributed by atoms with Crippen LogP contribution in [0.2, 0.25) is 0 Å². The van der Waals surface area contributed by atoms with Gasteiger partial charge >= 0.3 is 0 Å². The van der Waals surface area contributed by atoms with E-state index >= 15 is 0 Å². The number of hydrogen-bond acceptors (Lipinski definition) is 4. The maximum Gasteiger partial charge on any atom is 0.228 e. The lowest BCUT2D eigenvalue weighted by molar-refractivity contribution is -0.162. The van der Waals surface area contributed by atoms with Crippen LogP contribution >= 0.6 is 0 Å². The molecule has 0 unspecified atom stereocenters. The Morgan fingerprint density at radius 2 is 1.76 bits per heavy atom. The predicted molar refractivity (Wildman–Crippen MR) is 110 cm³/mol. The van der Waals surface area contributed by atoms with Gasteiger partial charge in [0.1, 0.15) is 0 Å². The van der Waals surface area contributed by atoms with Gasteiger partial charge < -0.3 is 19.7 Å². The third kappa shape index (κ3) is 3.58. The highest BCUT2D eigenvalue weighted by Crippen LogP contribution is 2.62. The first-order chi connectivity index (χ1) is 13.8. The van der Waals surface area contributed by atoms with Crippen LogP contribution < -0.4 is 14.8 Å². The lowest BCUT2D eigenvalue weighted by Crippen LogP contribution is -2.65. The van der Waals surface area contributed by atoms with Gasteiger partial charge in [-0.25, -0.2) is 0 Å². The summed E-state index contributed by atoms with van der Waals surface area (Å²) in [5.41, 5.74) is 0.493. The van der Waals surface area contributed by atoms with Gasteiger partial charge in [0, 0.05) is 26.1 Å². The van der Waals surface area contributed by atoms with Gasteiger partial charge in [-0.15, -0.1) is 0 Å². The minimum Gasteiger partial charge on any atom is -0.493 e. The van der Waals surface area contributed by atoms with E-state index in [0.717, 1.165) is 37.7 Å². The molecule has 2 amide bonds. The fourth-order valence-electron chi connectivity index (χ4n) is 6.76. The minimum absolute atomic E-state index is 0.0215. The molecule has 0 aromatic heterocycles. The smallest absolute Gasteiger partial charge is 0.228 e. The summed E-state index contributed by atoms with van der Waals surface area (Å²) < 4.78 is 10.7. The average molecular weight is 401 g/mol. The Labute approximate surface area is 172 Å². The third-order valence-electron chi connectivity index (χ3n) is 7.17. The van der Waals surface area contributed by atoms with Gasteiger partial charge in [0.25, 0.3) is 0 Å². The van der Waals surface area contributed by atoms with Crippen LogP contribution in [0.3, 0.4) is 0 Å². The van der Waals surface area contributed by atoms with Crippen LogP contribution in [0.5, 0.6) is 11.5 Å². The van der Waals surface area contributed by atoms with Crippen LogP contribution in [0.4, 0.5) is 0 Å². The van der Waals surface area contributed by atoms with Crippen LogP contribution in [0.1, 0.15) is 51.0 Å². The Morgan fingerprint density at radius 1 is 1.10 bits per heavy atom. The molecule has 1 N–H and O–H groups in total. The van der Waals surface area contributed by atoms with E-state index in [1.165, 1.54) is 6.42 Å². The summed E-state index contributed by atoms with van der Waals surface area (Å²) in [6, 6.07) is 5.79. The number of rotatable bonds is 6. The van der Waals surface area contributed by atoms with Crippen molar-refractivity contribution in [3.63, 3.8) is 0 Å². The van der Waals surface area contributed by atoms with Gasteiger partial charge in [-0.3, -0.25) is 9.59 Å². The van der Waals surface area contributed by atoms with E-state index in [-0.39, 0.29) is 22.8 Å². The molecule has 0 heterocycles. The van der Waals surface area contributed by atoms with Crippen molar-refractivity contribution in [3.8, 4) is 11.5 Å². The van der Waals surface area contributed by atoms with Gasteiger partial charge in [-0.05, 0) is 68.1 Å². The SMILES string of the molecule is COc1ccc(CN(C)C(=O)C23C[C@@H]4C[C@H](CC(NC(C)=O)(C4)C2)C3)cc1OC. The van der Waals surface area contributed by atoms with Gasteiger partial charge in [-0.1, -0.05) is 6.07 Å². The fourth-order valence-corrected chi connectivity index (χ4v) is 6.76. The summed E-state index contributed by atoms with van der Waals surface area (Å²) in [4.78, 5) is 27.4. The van der Waals surface area contributed by atoms with E-state index in [1.807, 2.05) is 30.1 Å². The lowest BCUT2D eigenvalue weighted by atomic mass is 9.46. The molecule has 4 bridgehead atoms. The number of ether oxygens (including phenoxy) is 2. The molecule has 6 heteroatoms. The van der Waals surface area contributed by atoms with E-state index in [1.54, 1.807) is 21.1 Å². The molecule has 6 nitrogen and oxygen atoms in total. The number of amides is 2. The first-order valence-corrected chi connectivity index (χ1v) is 10.5. The second kappa shape index (κ2) is 7.22. The van der Waals surface area contributed by atoms with Crippen molar-refractivity contribution in [2.45, 2.75) is 57.5 Å². The summed E-state index contributed by atoms with van der Waals surface area (Å²) in [5.74, 6) is 2.68. The zero-order valence-corrected chi connectivity index (χ0v) is 17.9. The molecule has 0 spiro atoms. The molecule has 4 saturated carbocycles. The largest absolute Gasteiger partial charge is 0.493 e. The van der Waals surface area contributed by atoms with Gasteiger partial charge in [0.15, 0.2) is 11.5 Å². The quantitative estimate of drug-likeness (QED) is 0.797. The van der Waals surface area contributed by atoms with Gasteiger partial charge in [0.05, 0.1) is 19.6 Å². The summed E-state index contributed by atoms with van der Waals surface area (Å²) in [6.45, 7) is 2.12. The van der Waals surface area contributed by atoms with E-state index in [4.69, 9.17) is 9.47 Å². The third-order valence-corrected chi connectivity index (χ3v) is 7.17. The molecule has 0 saturated heterocycles. The first-order valence-electron chi connectivity index (χ1n) is 10.5. The number of nitrogens with zero attached hydrogens (tertiary/aromatic N) is 1. The molecule has 2 atom stereocenters. The first kappa shape index (κ1) is 20.0. The molecule has 4 aliphatic rings. The molecule has 0 aliphatic heterocycles. The highest BCUT2D eigenvalue weighted by molar-refractivity contribution is 5.84. The second-order valence-corrected chi connectivity index (χ2v) is 9.55. The van der Waals surface area contributed by atoms with Crippen molar-refractivity contribution in [2.24, 2.45) is 17.3 Å². The Morgan fingerprint density at radius 3 is 2.34 bits per heavy atom. The molecular formula is C23H32N2O4. The van der Waals surface area contributed by atoms with Gasteiger partial charge in [-0.2, -0.15) is 0 Å². The number of nitrogens with one attached hydrogen (secondary N) is 1. The molecule has 5 rings (SSSR count). The number of carbonyl (C=O) groups excluding carboxylic acids is 2. The van der Waals surface area contributed by atoms with E-state index < -0.39 is 0 Å². The molecule has 4 aliphatic carbocycles. The summed E-state index contributed by atoms with van der Waals surface area (Å²) in [7, 11) is 5.13. The van der Waals surface area contributed by atoms with Crippen LogP contribution in [0, 0.1) is 17.3 Å². The Bertz CT molecular complexity index is 807. The van der Waals surface area contributed by atoms with E-state index in [0.29, 0.717) is 29.9 Å². The van der Waals surface area contributed by atoms with E-state index in [2.05, 4.69) is 5.32 Å². The predicted octanol–water partition coefficient (Wildman–Crippen LogP) is 3.14. The molecule has 1 aromatic rings. The van der Waals surface area contributed by atoms with E-state index in [9.17, 15) is 9.59 Å². The van der Waals surface area contributed by atoms with Crippen molar-refractivity contribution in [2.75, 3.05) is 21.3 Å². The average Bonchev–Trinajstić information content (AvgIpc) is 2.65. The number of hydrogen-bond donors (Lipinski definition) is 1. The molecule has 29 heavy (non-hydrogen) atoms. The normalized spacial score (nSPS) is 32.0. The Kier molecular flexibility index (Phi) is 4.99. The second-order valence-electron chi connectivity index (χ2n) is 9.55. The highest BCUT2D eigenvalue weighted by Gasteiger charge is 2.61. The molecule has 158 valence electrons. The fraction of sp³-hybridized carbons (Fsp3) is 0.652. The summed E-state index contributed by atoms with van der Waals surface area (Å²) in [5, 5.41) is 3.24. The standard InChI is InChI=1S/C23H32N2O4/c1-15(26)24-23-11-17-7-18(12-23)10-22(9-17,14-23)21(27)25(2)13-16-5-6-19(28-3)20(8-16)29-4/h5-6,8,17-18H,7,9-14H2,1-4H3,(H,24,26)/t17-,18-,22?,23?/m0/s1. The lowest BCUT2D eigenvalue weighted by Gasteiger charge is -2.61. The number of methoxy groups -OCH3 is 2. The summed E-state index contributed by atoms with van der Waals surface area (Å²) >= 11 is 0. The topological polar surface area (TPSA) is 67.9 Å². The Balaban J connectivity index is 1.53. The minimum atomic E-state index is -0.335. The molecule has 0 radical (unpaired) electrons. The van der Waals surface area contributed by atoms with Crippen molar-refractivity contribution in [1.29, 1.82) is 0 Å². The van der Waals surface area contributed by atoms with Crippen molar-refractivity contribution < 1.29 is 19.1 Å². The van der Waals surface area contributed by atoms with Crippen molar-refractivity contribution in [1.82, 2.24) is 10.2 Å². The van der Waals surface area contributed by atoms with Crippen LogP contribution in [0.15, 0.2) is 18.2 Å². The zero-order valence-electron chi connectivity index (χ0n) is 17.9. The molecular weight excluding hydrogens is 368 g/mol. The number of benzene rings is 1. The zero-order chi connectivity index (χ0) is 20.8. The monoisotopic (exact) mass is 400 g/mol. The molecule has 1 aromatic carbocycles. The highest BCUT2D eigenvalue weighted by atomic mass is 16.5. The molecule has 4 fully saturated rings. The van der Waals surface area contributed by atoms with Gasteiger partial charge in [0.2, 0.25) is 11.8 Å². The van der Waals surface area contributed by atoms with Crippen molar-refractivity contribution >= 4 is 11.8 Å². The van der Waals surface area contributed by atoms with Crippen molar-refractivity contribution in [3.05, 3.63) is 23.8 Å². The Hall–Kier alpha value is -2.24. The summed E-state index contributed by atoms with van der Waals surface area (Å²) in [6.07, 6.45) is 5.95. The van der Waals surface area contributed by atoms with Crippen LogP contribution in [-0.2, 0) is 16.1 Å².